The van der Waals surface area contributed by atoms with Crippen LogP contribution in [0.3, 0.4) is 0 Å². The molecule has 1 aliphatic heterocycles. The van der Waals surface area contributed by atoms with Crippen LogP contribution in [0.15, 0.2) is 6.07 Å². The van der Waals surface area contributed by atoms with Crippen LogP contribution in [0.1, 0.15) is 29.8 Å². The van der Waals surface area contributed by atoms with Crippen LogP contribution < -0.4 is 4.74 Å². The largest absolute Gasteiger partial charge is 0.476 e. The highest BCUT2D eigenvalue weighted by Gasteiger charge is 2.18. The first-order valence-electron chi connectivity index (χ1n) is 6.26. The fourth-order valence-corrected chi connectivity index (χ4v) is 2.06. The molecule has 1 fully saturated rings. The number of nitrogens with zero attached hydrogens (tertiary/aromatic N) is 3. The summed E-state index contributed by atoms with van der Waals surface area (Å²) in [6.45, 7) is 1.46. The molecule has 7 heteroatoms. The maximum absolute atomic E-state index is 11.9. The summed E-state index contributed by atoms with van der Waals surface area (Å²) >= 11 is 0. The first-order chi connectivity index (χ1) is 9.08. The molecule has 0 spiro atoms. The predicted molar refractivity (Wildman–Crippen MR) is 66.1 cm³/mol. The number of amides is 1. The molecule has 1 N–H and O–H groups in total. The summed E-state index contributed by atoms with van der Waals surface area (Å²) in [5.74, 6) is -0.909. The Morgan fingerprint density at radius 3 is 2.63 bits per heavy atom. The molecule has 1 amide bonds. The van der Waals surface area contributed by atoms with E-state index in [0.717, 1.165) is 32.4 Å². The van der Waals surface area contributed by atoms with E-state index in [1.807, 2.05) is 0 Å². The van der Waals surface area contributed by atoms with Gasteiger partial charge in [-0.15, -0.1) is 0 Å². The van der Waals surface area contributed by atoms with E-state index >= 15 is 0 Å². The molecule has 1 saturated heterocycles. The van der Waals surface area contributed by atoms with Crippen molar-refractivity contribution in [2.75, 3.05) is 19.7 Å². The lowest BCUT2D eigenvalue weighted by molar-refractivity contribution is -0.134. The number of aryl methyl sites for hydroxylation is 1. The number of hydrogen-bond donors (Lipinski definition) is 1. The molecule has 2 heterocycles. The lowest BCUT2D eigenvalue weighted by Crippen LogP contribution is -2.38. The summed E-state index contributed by atoms with van der Waals surface area (Å²) in [4.78, 5) is 24.4. The average Bonchev–Trinajstić information content (AvgIpc) is 2.79. The van der Waals surface area contributed by atoms with Gasteiger partial charge < -0.3 is 14.7 Å². The maximum atomic E-state index is 11.9. The Morgan fingerprint density at radius 1 is 1.37 bits per heavy atom. The normalized spacial score (nSPS) is 15.3. The van der Waals surface area contributed by atoms with E-state index in [1.54, 1.807) is 11.9 Å². The Bertz CT molecular complexity index is 477. The molecular formula is C12H17N3O4. The molecule has 0 atom stereocenters. The second kappa shape index (κ2) is 5.73. The van der Waals surface area contributed by atoms with Gasteiger partial charge in [0.1, 0.15) is 0 Å². The van der Waals surface area contributed by atoms with Gasteiger partial charge in [0.15, 0.2) is 12.3 Å². The Labute approximate surface area is 110 Å². The van der Waals surface area contributed by atoms with E-state index in [9.17, 15) is 9.59 Å². The van der Waals surface area contributed by atoms with Crippen LogP contribution in [0.5, 0.6) is 5.88 Å². The van der Waals surface area contributed by atoms with Crippen molar-refractivity contribution in [3.63, 3.8) is 0 Å². The number of carbonyl (C=O) groups excluding carboxylic acids is 1. The quantitative estimate of drug-likeness (QED) is 0.859. The van der Waals surface area contributed by atoms with Crippen molar-refractivity contribution in [1.82, 2.24) is 14.7 Å². The fourth-order valence-electron chi connectivity index (χ4n) is 2.06. The number of aromatic nitrogens is 2. The van der Waals surface area contributed by atoms with Gasteiger partial charge in [0.05, 0.1) is 0 Å². The molecule has 0 bridgehead atoms. The number of aromatic carboxylic acids is 1. The first kappa shape index (κ1) is 13.4. The van der Waals surface area contributed by atoms with Crippen LogP contribution in [0, 0.1) is 0 Å². The number of likely N-dealkylation sites (tertiary alicyclic amines) is 1. The zero-order valence-corrected chi connectivity index (χ0v) is 10.8. The molecule has 0 radical (unpaired) electrons. The van der Waals surface area contributed by atoms with Crippen molar-refractivity contribution in [1.29, 1.82) is 0 Å². The van der Waals surface area contributed by atoms with Gasteiger partial charge in [0.25, 0.3) is 5.91 Å². The van der Waals surface area contributed by atoms with Crippen LogP contribution in [0.4, 0.5) is 0 Å². The van der Waals surface area contributed by atoms with E-state index < -0.39 is 5.97 Å². The van der Waals surface area contributed by atoms with Gasteiger partial charge in [0, 0.05) is 26.2 Å². The van der Waals surface area contributed by atoms with Crippen LogP contribution in [0.25, 0.3) is 0 Å². The van der Waals surface area contributed by atoms with Crippen LogP contribution in [0.2, 0.25) is 0 Å². The smallest absolute Gasteiger partial charge is 0.356 e. The van der Waals surface area contributed by atoms with Crippen molar-refractivity contribution in [3.05, 3.63) is 11.8 Å². The van der Waals surface area contributed by atoms with Gasteiger partial charge in [-0.25, -0.2) is 9.48 Å². The molecular weight excluding hydrogens is 250 g/mol. The third-order valence-electron chi connectivity index (χ3n) is 3.11. The number of hydrogen-bond acceptors (Lipinski definition) is 4. The van der Waals surface area contributed by atoms with Gasteiger partial charge >= 0.3 is 5.97 Å². The Balaban J connectivity index is 1.91. The number of carbonyl (C=O) groups is 2. The number of carboxylic acids is 1. The number of ether oxygens (including phenoxy) is 1. The molecule has 1 aromatic heterocycles. The molecule has 1 aliphatic rings. The topological polar surface area (TPSA) is 84.7 Å². The van der Waals surface area contributed by atoms with E-state index in [2.05, 4.69) is 5.10 Å². The number of rotatable bonds is 4. The summed E-state index contributed by atoms with van der Waals surface area (Å²) in [6.07, 6.45) is 3.22. The third kappa shape index (κ3) is 3.24. The van der Waals surface area contributed by atoms with Crippen LogP contribution in [-0.4, -0.2) is 51.4 Å². The van der Waals surface area contributed by atoms with Gasteiger partial charge in [-0.2, -0.15) is 5.10 Å². The Kier molecular flexibility index (Phi) is 4.03. The van der Waals surface area contributed by atoms with Gasteiger partial charge in [-0.1, -0.05) is 0 Å². The Hall–Kier alpha value is -2.05. The summed E-state index contributed by atoms with van der Waals surface area (Å²) in [5.41, 5.74) is -0.0945. The van der Waals surface area contributed by atoms with Crippen LogP contribution in [-0.2, 0) is 11.8 Å². The predicted octanol–water partition coefficient (Wildman–Crippen LogP) is 0.510. The number of carboxylic acid groups (broad SMARTS) is 1. The molecule has 104 valence electrons. The monoisotopic (exact) mass is 267 g/mol. The van der Waals surface area contributed by atoms with Gasteiger partial charge in [-0.05, 0) is 19.3 Å². The molecule has 19 heavy (non-hydrogen) atoms. The highest BCUT2D eigenvalue weighted by atomic mass is 16.5. The zero-order chi connectivity index (χ0) is 13.8. The minimum absolute atomic E-state index is 0.0715. The molecule has 0 unspecified atom stereocenters. The summed E-state index contributed by atoms with van der Waals surface area (Å²) in [6, 6.07) is 1.31. The molecule has 2 rings (SSSR count). The Morgan fingerprint density at radius 2 is 2.05 bits per heavy atom. The second-order valence-electron chi connectivity index (χ2n) is 4.53. The lowest BCUT2D eigenvalue weighted by atomic mass is 10.1. The van der Waals surface area contributed by atoms with E-state index in [0.29, 0.717) is 0 Å². The molecule has 0 saturated carbocycles. The minimum atomic E-state index is -1.12. The fraction of sp³-hybridized carbons (Fsp3) is 0.583. The third-order valence-corrected chi connectivity index (χ3v) is 3.11. The summed E-state index contributed by atoms with van der Waals surface area (Å²) in [7, 11) is 1.58. The molecule has 0 aliphatic carbocycles. The van der Waals surface area contributed by atoms with Crippen molar-refractivity contribution < 1.29 is 19.4 Å². The molecule has 1 aromatic rings. The highest BCUT2D eigenvalue weighted by molar-refractivity contribution is 5.85. The highest BCUT2D eigenvalue weighted by Crippen LogP contribution is 2.13. The summed E-state index contributed by atoms with van der Waals surface area (Å²) in [5, 5.41) is 12.6. The molecule has 0 aromatic carbocycles. The van der Waals surface area contributed by atoms with Crippen LogP contribution >= 0.6 is 0 Å². The number of piperidine rings is 1. The second-order valence-corrected chi connectivity index (χ2v) is 4.53. The molecule has 7 nitrogen and oxygen atoms in total. The summed E-state index contributed by atoms with van der Waals surface area (Å²) < 4.78 is 6.64. The SMILES string of the molecule is Cn1nc(C(=O)O)cc1OCC(=O)N1CCCCC1. The first-order valence-corrected chi connectivity index (χ1v) is 6.26. The lowest BCUT2D eigenvalue weighted by Gasteiger charge is -2.26. The van der Waals surface area contributed by atoms with Gasteiger partial charge in [0.2, 0.25) is 5.88 Å². The maximum Gasteiger partial charge on any atom is 0.356 e. The standard InChI is InChI=1S/C12H17N3O4/c1-14-11(7-9(13-14)12(17)18)19-8-10(16)15-5-3-2-4-6-15/h7H,2-6,8H2,1H3,(H,17,18). The van der Waals surface area contributed by atoms with Crippen molar-refractivity contribution in [3.8, 4) is 5.88 Å². The minimum Gasteiger partial charge on any atom is -0.476 e. The van der Waals surface area contributed by atoms with Crippen molar-refractivity contribution >= 4 is 11.9 Å². The van der Waals surface area contributed by atoms with Crippen molar-refractivity contribution in [2.24, 2.45) is 7.05 Å². The van der Waals surface area contributed by atoms with E-state index in [-0.39, 0.29) is 24.1 Å². The zero-order valence-electron chi connectivity index (χ0n) is 10.8. The van der Waals surface area contributed by atoms with E-state index in [4.69, 9.17) is 9.84 Å². The average molecular weight is 267 g/mol. The van der Waals surface area contributed by atoms with Gasteiger partial charge in [-0.3, -0.25) is 4.79 Å². The van der Waals surface area contributed by atoms with Crippen molar-refractivity contribution in [2.45, 2.75) is 19.3 Å². The van der Waals surface area contributed by atoms with E-state index in [1.165, 1.54) is 10.7 Å².